The van der Waals surface area contributed by atoms with Gasteiger partial charge in [0, 0.05) is 39.4 Å². The monoisotopic (exact) mass is 708 g/mol. The van der Waals surface area contributed by atoms with Crippen molar-refractivity contribution in [3.05, 3.63) is 158 Å². The van der Waals surface area contributed by atoms with E-state index in [1.54, 1.807) is 24.5 Å². The van der Waals surface area contributed by atoms with Gasteiger partial charge in [0.25, 0.3) is 0 Å². The van der Waals surface area contributed by atoms with E-state index < -0.39 is 0 Å². The lowest BCUT2D eigenvalue weighted by Gasteiger charge is -2.10. The van der Waals surface area contributed by atoms with Gasteiger partial charge >= 0.3 is 0 Å². The number of hydrogen-bond donors (Lipinski definition) is 2. The summed E-state index contributed by atoms with van der Waals surface area (Å²) in [6, 6.07) is 38.3. The summed E-state index contributed by atoms with van der Waals surface area (Å²) in [5, 5.41) is 5.45. The summed E-state index contributed by atoms with van der Waals surface area (Å²) in [4.78, 5) is 8.57. The molecule has 6 rings (SSSR count). The number of benzene rings is 4. The molecular formula is C34H25BrCl4N4. The number of nitrogens with zero attached hydrogens (tertiary/aromatic N) is 2. The van der Waals surface area contributed by atoms with Crippen LogP contribution < -0.4 is 11.1 Å². The Morgan fingerprint density at radius 3 is 1.53 bits per heavy atom. The standard InChI is InChI=1S/C17H12Cl2N2.C11H10N2.C6H3BrCl2/c18-14-4-3-6-16(17(14)19)21-13-9-7-12(8-10-13)15-5-1-2-11-20-15;12-10-6-4-9(5-7-10)11-3-1-2-8-13-11;7-4-2-1-3-5(8)6(4)9/h1-11,21H;1-8H,12H2;1-3H. The predicted molar refractivity (Wildman–Crippen MR) is 188 cm³/mol. The molecule has 0 aliphatic carbocycles. The summed E-state index contributed by atoms with van der Waals surface area (Å²) in [6.07, 6.45) is 3.57. The van der Waals surface area contributed by atoms with Crippen LogP contribution >= 0.6 is 62.3 Å². The van der Waals surface area contributed by atoms with E-state index in [0.717, 1.165) is 44.0 Å². The minimum absolute atomic E-state index is 0.521. The highest BCUT2D eigenvalue weighted by molar-refractivity contribution is 9.10. The zero-order valence-corrected chi connectivity index (χ0v) is 27.2. The molecule has 2 heterocycles. The average molecular weight is 711 g/mol. The molecular weight excluding hydrogens is 686 g/mol. The Hall–Kier alpha value is -3.58. The van der Waals surface area contributed by atoms with E-state index >= 15 is 0 Å². The summed E-state index contributed by atoms with van der Waals surface area (Å²) in [6.45, 7) is 0. The summed E-state index contributed by atoms with van der Waals surface area (Å²) < 4.78 is 0.830. The molecule has 43 heavy (non-hydrogen) atoms. The van der Waals surface area contributed by atoms with Crippen LogP contribution in [0.2, 0.25) is 20.1 Å². The van der Waals surface area contributed by atoms with Crippen molar-refractivity contribution in [2.75, 3.05) is 11.1 Å². The molecule has 4 aromatic carbocycles. The number of anilines is 3. The Balaban J connectivity index is 0.000000163. The Morgan fingerprint density at radius 2 is 1.05 bits per heavy atom. The summed E-state index contributed by atoms with van der Waals surface area (Å²) in [5.41, 5.74) is 12.2. The van der Waals surface area contributed by atoms with E-state index in [0.29, 0.717) is 20.1 Å². The number of nitrogen functional groups attached to an aromatic ring is 1. The highest BCUT2D eigenvalue weighted by Gasteiger charge is 2.05. The van der Waals surface area contributed by atoms with Gasteiger partial charge in [-0.05, 0) is 88.7 Å². The Morgan fingerprint density at radius 1 is 0.535 bits per heavy atom. The lowest BCUT2D eigenvalue weighted by molar-refractivity contribution is 1.33. The van der Waals surface area contributed by atoms with Crippen LogP contribution in [0.5, 0.6) is 0 Å². The lowest BCUT2D eigenvalue weighted by Crippen LogP contribution is -1.91. The van der Waals surface area contributed by atoms with Crippen molar-refractivity contribution in [1.29, 1.82) is 0 Å². The molecule has 3 N–H and O–H groups in total. The molecule has 0 bridgehead atoms. The van der Waals surface area contributed by atoms with Crippen molar-refractivity contribution in [2.45, 2.75) is 0 Å². The van der Waals surface area contributed by atoms with Crippen LogP contribution in [0.1, 0.15) is 0 Å². The topological polar surface area (TPSA) is 63.8 Å². The van der Waals surface area contributed by atoms with Crippen molar-refractivity contribution in [1.82, 2.24) is 9.97 Å². The summed E-state index contributed by atoms with van der Waals surface area (Å²) >= 11 is 26.8. The number of hydrogen-bond acceptors (Lipinski definition) is 4. The number of pyridine rings is 2. The van der Waals surface area contributed by atoms with E-state index in [1.807, 2.05) is 109 Å². The fourth-order valence-electron chi connectivity index (χ4n) is 3.68. The van der Waals surface area contributed by atoms with Gasteiger partial charge in [-0.15, -0.1) is 0 Å². The molecule has 0 unspecified atom stereocenters. The first-order valence-corrected chi connectivity index (χ1v) is 15.2. The molecule has 0 saturated carbocycles. The Labute approximate surface area is 279 Å². The fraction of sp³-hybridized carbons (Fsp3) is 0. The fourth-order valence-corrected chi connectivity index (χ4v) is 4.81. The molecule has 0 saturated heterocycles. The minimum atomic E-state index is 0.521. The molecule has 0 atom stereocenters. The van der Waals surface area contributed by atoms with Gasteiger partial charge in [0.1, 0.15) is 0 Å². The van der Waals surface area contributed by atoms with Crippen molar-refractivity contribution in [3.8, 4) is 22.5 Å². The maximum atomic E-state index is 6.17. The van der Waals surface area contributed by atoms with Gasteiger partial charge in [0.05, 0.1) is 37.2 Å². The molecule has 9 heteroatoms. The third kappa shape index (κ3) is 9.72. The number of aromatic nitrogens is 2. The van der Waals surface area contributed by atoms with Gasteiger partial charge in [-0.1, -0.05) is 94.9 Å². The summed E-state index contributed by atoms with van der Waals surface area (Å²) in [5.74, 6) is 0. The van der Waals surface area contributed by atoms with Crippen LogP contribution in [0.4, 0.5) is 17.1 Å². The molecule has 216 valence electrons. The van der Waals surface area contributed by atoms with Crippen LogP contribution in [0.15, 0.2) is 138 Å². The van der Waals surface area contributed by atoms with Crippen molar-refractivity contribution in [3.63, 3.8) is 0 Å². The lowest BCUT2D eigenvalue weighted by atomic mass is 10.1. The van der Waals surface area contributed by atoms with E-state index in [2.05, 4.69) is 31.2 Å². The average Bonchev–Trinajstić information content (AvgIpc) is 3.04. The zero-order chi connectivity index (χ0) is 30.6. The number of nitrogens with one attached hydrogen (secondary N) is 1. The number of rotatable bonds is 4. The van der Waals surface area contributed by atoms with Crippen LogP contribution in [-0.2, 0) is 0 Å². The van der Waals surface area contributed by atoms with Crippen molar-refractivity contribution in [2.24, 2.45) is 0 Å². The van der Waals surface area contributed by atoms with Gasteiger partial charge in [0.2, 0.25) is 0 Å². The van der Waals surface area contributed by atoms with Gasteiger partial charge in [-0.2, -0.15) is 0 Å². The first-order chi connectivity index (χ1) is 20.8. The van der Waals surface area contributed by atoms with E-state index in [-0.39, 0.29) is 0 Å². The van der Waals surface area contributed by atoms with Gasteiger partial charge in [-0.25, -0.2) is 0 Å². The number of halogens is 5. The maximum Gasteiger partial charge on any atom is 0.0827 e. The quantitative estimate of drug-likeness (QED) is 0.141. The second kappa shape index (κ2) is 16.3. The van der Waals surface area contributed by atoms with Crippen LogP contribution in [-0.4, -0.2) is 9.97 Å². The third-order valence-corrected chi connectivity index (χ3v) is 8.38. The minimum Gasteiger partial charge on any atom is -0.399 e. The third-order valence-electron chi connectivity index (χ3n) is 5.85. The molecule has 6 aromatic rings. The van der Waals surface area contributed by atoms with E-state index in [4.69, 9.17) is 52.1 Å². The van der Waals surface area contributed by atoms with Crippen molar-refractivity contribution < 1.29 is 0 Å². The summed E-state index contributed by atoms with van der Waals surface area (Å²) in [7, 11) is 0. The normalized spacial score (nSPS) is 10.1. The maximum absolute atomic E-state index is 6.17. The SMILES string of the molecule is Clc1cccc(Br)c1Cl.Clc1cccc(Nc2ccc(-c3ccccn3)cc2)c1Cl.Nc1ccc(-c2ccccn2)cc1. The smallest absolute Gasteiger partial charge is 0.0827 e. The molecule has 0 radical (unpaired) electrons. The van der Waals surface area contributed by atoms with Gasteiger partial charge in [0.15, 0.2) is 0 Å². The molecule has 0 amide bonds. The van der Waals surface area contributed by atoms with Gasteiger partial charge < -0.3 is 11.1 Å². The predicted octanol–water partition coefficient (Wildman–Crippen LogP) is 11.9. The second-order valence-corrected chi connectivity index (χ2v) is 11.3. The second-order valence-electron chi connectivity index (χ2n) is 8.89. The molecule has 0 aliphatic rings. The van der Waals surface area contributed by atoms with Crippen LogP contribution in [0.25, 0.3) is 22.5 Å². The molecule has 2 aromatic heterocycles. The largest absolute Gasteiger partial charge is 0.399 e. The first-order valence-electron chi connectivity index (χ1n) is 12.9. The highest BCUT2D eigenvalue weighted by atomic mass is 79.9. The molecule has 0 aliphatic heterocycles. The number of nitrogens with two attached hydrogens (primary N) is 1. The van der Waals surface area contributed by atoms with Crippen molar-refractivity contribution >= 4 is 79.4 Å². The Kier molecular flexibility index (Phi) is 12.3. The molecule has 0 spiro atoms. The van der Waals surface area contributed by atoms with Crippen LogP contribution in [0.3, 0.4) is 0 Å². The van der Waals surface area contributed by atoms with E-state index in [9.17, 15) is 0 Å². The molecule has 0 fully saturated rings. The van der Waals surface area contributed by atoms with Crippen LogP contribution in [0, 0.1) is 0 Å². The first kappa shape index (κ1) is 32.3. The van der Waals surface area contributed by atoms with Gasteiger partial charge in [-0.3, -0.25) is 9.97 Å². The molecule has 4 nitrogen and oxygen atoms in total. The zero-order valence-electron chi connectivity index (χ0n) is 22.6. The highest BCUT2D eigenvalue weighted by Crippen LogP contribution is 2.32. The van der Waals surface area contributed by atoms with E-state index in [1.165, 1.54) is 0 Å². The Bertz CT molecular complexity index is 1720.